The van der Waals surface area contributed by atoms with Crippen molar-refractivity contribution in [3.8, 4) is 55.9 Å². The molecule has 1 N–H and O–H groups in total. The molecule has 4 heteroatoms. The van der Waals surface area contributed by atoms with E-state index in [1.165, 1.54) is 87.9 Å². The van der Waals surface area contributed by atoms with E-state index in [1.54, 1.807) is 0 Å². The summed E-state index contributed by atoms with van der Waals surface area (Å²) in [6, 6.07) is 101. The Kier molecular flexibility index (Phi) is 10.2. The number of amidine groups is 1. The second kappa shape index (κ2) is 17.9. The number of aliphatic imine (C=N–C) groups is 1. The summed E-state index contributed by atoms with van der Waals surface area (Å²) in [5.41, 5.74) is 20.8. The van der Waals surface area contributed by atoms with Gasteiger partial charge in [-0.15, -0.1) is 0 Å². The normalized spacial score (nSPS) is 13.3. The van der Waals surface area contributed by atoms with E-state index in [-0.39, 0.29) is 6.04 Å². The van der Waals surface area contributed by atoms with Gasteiger partial charge in [-0.1, -0.05) is 194 Å². The lowest BCUT2D eigenvalue weighted by atomic mass is 9.90. The molecule has 1 unspecified atom stereocenters. The van der Waals surface area contributed by atoms with Crippen molar-refractivity contribution in [2.75, 3.05) is 0 Å². The van der Waals surface area contributed by atoms with Crippen LogP contribution in [0.3, 0.4) is 0 Å². The van der Waals surface area contributed by atoms with Crippen LogP contribution in [0.25, 0.3) is 110 Å². The van der Waals surface area contributed by atoms with Crippen LogP contribution >= 0.6 is 0 Å². The van der Waals surface area contributed by atoms with Crippen molar-refractivity contribution in [2.45, 2.75) is 6.04 Å². The first kappa shape index (κ1) is 43.5. The molecule has 3 heterocycles. The lowest BCUT2D eigenvalue weighted by Crippen LogP contribution is -2.33. The molecule has 15 rings (SSSR count). The van der Waals surface area contributed by atoms with Crippen molar-refractivity contribution >= 4 is 65.9 Å². The average molecular weight is 969 g/mol. The molecule has 76 heavy (non-hydrogen) atoms. The van der Waals surface area contributed by atoms with E-state index in [4.69, 9.17) is 4.99 Å². The van der Waals surface area contributed by atoms with Gasteiger partial charge >= 0.3 is 0 Å². The first-order valence-corrected chi connectivity index (χ1v) is 26.1. The predicted octanol–water partition coefficient (Wildman–Crippen LogP) is 18.5. The molecule has 4 nitrogen and oxygen atoms in total. The zero-order chi connectivity index (χ0) is 50.1. The fourth-order valence-electron chi connectivity index (χ4n) is 11.9. The number of nitrogens with zero attached hydrogens (tertiary/aromatic N) is 3. The van der Waals surface area contributed by atoms with Crippen molar-refractivity contribution in [3.63, 3.8) is 0 Å². The number of aromatic nitrogens is 2. The minimum Gasteiger partial charge on any atom is -0.359 e. The second-order valence-corrected chi connectivity index (χ2v) is 20.0. The molecule has 0 saturated carbocycles. The number of para-hydroxylation sites is 1. The zero-order valence-corrected chi connectivity index (χ0v) is 41.5. The van der Waals surface area contributed by atoms with Gasteiger partial charge in [-0.2, -0.15) is 0 Å². The topological polar surface area (TPSA) is 34.2 Å². The molecular weight excluding hydrogens is 921 g/mol. The van der Waals surface area contributed by atoms with E-state index < -0.39 is 0 Å². The Morgan fingerprint density at radius 1 is 0.289 bits per heavy atom. The van der Waals surface area contributed by atoms with Crippen LogP contribution in [0.4, 0.5) is 5.69 Å². The van der Waals surface area contributed by atoms with Gasteiger partial charge in [-0.05, 0) is 146 Å². The molecule has 0 aliphatic carbocycles. The summed E-state index contributed by atoms with van der Waals surface area (Å²) >= 11 is 0. The first-order valence-electron chi connectivity index (χ1n) is 26.1. The Morgan fingerprint density at radius 3 is 1.26 bits per heavy atom. The molecule has 1 aliphatic rings. The van der Waals surface area contributed by atoms with Gasteiger partial charge in [0, 0.05) is 44.0 Å². The summed E-state index contributed by atoms with van der Waals surface area (Å²) in [6.07, 6.45) is 0. The van der Waals surface area contributed by atoms with Crippen molar-refractivity contribution < 1.29 is 0 Å². The molecular formula is C72H48N4. The van der Waals surface area contributed by atoms with Crippen molar-refractivity contribution in [1.29, 1.82) is 0 Å². The van der Waals surface area contributed by atoms with Gasteiger partial charge in [0.2, 0.25) is 0 Å². The highest BCUT2D eigenvalue weighted by atomic mass is 15.1. The van der Waals surface area contributed by atoms with E-state index in [9.17, 15) is 0 Å². The number of fused-ring (bicyclic) bond motifs is 9. The van der Waals surface area contributed by atoms with Gasteiger partial charge in [0.1, 0.15) is 5.84 Å². The lowest BCUT2D eigenvalue weighted by molar-refractivity contribution is 0.755. The monoisotopic (exact) mass is 968 g/mol. The van der Waals surface area contributed by atoms with Gasteiger partial charge < -0.3 is 14.5 Å². The average Bonchev–Trinajstić information content (AvgIpc) is 4.08. The van der Waals surface area contributed by atoms with Gasteiger partial charge in [-0.3, -0.25) is 0 Å². The van der Waals surface area contributed by atoms with Crippen molar-refractivity contribution in [3.05, 3.63) is 296 Å². The zero-order valence-electron chi connectivity index (χ0n) is 41.5. The Bertz CT molecular complexity index is 4590. The highest BCUT2D eigenvalue weighted by Gasteiger charge is 2.28. The summed E-state index contributed by atoms with van der Waals surface area (Å²) < 4.78 is 4.86. The van der Waals surface area contributed by atoms with Crippen LogP contribution in [0.2, 0.25) is 0 Å². The molecule has 0 bridgehead atoms. The molecule has 2 aromatic heterocycles. The lowest BCUT2D eigenvalue weighted by Gasteiger charge is -2.29. The van der Waals surface area contributed by atoms with Crippen LogP contribution in [-0.4, -0.2) is 15.0 Å². The van der Waals surface area contributed by atoms with Crippen molar-refractivity contribution in [2.24, 2.45) is 4.99 Å². The van der Waals surface area contributed by atoms with Crippen LogP contribution < -0.4 is 5.32 Å². The van der Waals surface area contributed by atoms with Crippen molar-refractivity contribution in [1.82, 2.24) is 14.5 Å². The van der Waals surface area contributed by atoms with Gasteiger partial charge in [-0.25, -0.2) is 4.99 Å². The molecule has 0 amide bonds. The summed E-state index contributed by atoms with van der Waals surface area (Å²) in [4.78, 5) is 5.36. The fourth-order valence-corrected chi connectivity index (χ4v) is 11.9. The highest BCUT2D eigenvalue weighted by Crippen LogP contribution is 2.43. The van der Waals surface area contributed by atoms with E-state index >= 15 is 0 Å². The molecule has 0 saturated heterocycles. The molecule has 1 aliphatic heterocycles. The van der Waals surface area contributed by atoms with Crippen LogP contribution in [0.15, 0.2) is 284 Å². The third-order valence-electron chi connectivity index (χ3n) is 15.5. The summed E-state index contributed by atoms with van der Waals surface area (Å²) in [5, 5.41) is 11.2. The number of hydrogen-bond acceptors (Lipinski definition) is 2. The minimum atomic E-state index is -0.176. The van der Waals surface area contributed by atoms with Gasteiger partial charge in [0.25, 0.3) is 0 Å². The third kappa shape index (κ3) is 7.33. The quantitative estimate of drug-likeness (QED) is 0.162. The maximum Gasteiger partial charge on any atom is 0.134 e. The van der Waals surface area contributed by atoms with Crippen LogP contribution in [0.1, 0.15) is 22.7 Å². The summed E-state index contributed by atoms with van der Waals surface area (Å²) in [6.45, 7) is 0. The first-order chi connectivity index (χ1) is 37.7. The predicted molar refractivity (Wildman–Crippen MR) is 318 cm³/mol. The number of nitrogens with one attached hydrogen (secondary N) is 1. The van der Waals surface area contributed by atoms with Crippen LogP contribution in [0.5, 0.6) is 0 Å². The molecule has 0 spiro atoms. The second-order valence-electron chi connectivity index (χ2n) is 20.0. The Labute approximate surface area is 440 Å². The number of benzene rings is 12. The van der Waals surface area contributed by atoms with E-state index in [0.717, 1.165) is 50.6 Å². The number of hydrogen-bond donors (Lipinski definition) is 1. The van der Waals surface area contributed by atoms with E-state index in [0.29, 0.717) is 0 Å². The molecule has 0 radical (unpaired) electrons. The van der Waals surface area contributed by atoms with Gasteiger partial charge in [0.05, 0.1) is 33.8 Å². The molecule has 12 aromatic carbocycles. The maximum atomic E-state index is 5.36. The molecule has 14 aromatic rings. The molecule has 1 atom stereocenters. The largest absolute Gasteiger partial charge is 0.359 e. The minimum absolute atomic E-state index is 0.176. The SMILES string of the molecule is c1ccc(-c2cccc(C3=Nc4ccc5ccccc5c4C(c4cccc(-n5c6ccc(-c7ccccc7)cc6c6cc(-c7ccc8c(c7)c7cc(-c9ccccc9)ccc7n8-c7ccccc7)ccc65)c4)N3)c2)cc1. The maximum absolute atomic E-state index is 5.36. The third-order valence-corrected chi connectivity index (χ3v) is 15.5. The highest BCUT2D eigenvalue weighted by molar-refractivity contribution is 6.14. The standard InChI is InChI=1S/C72H48N4/c1-5-17-47(18-6-1)51-24-15-26-57(41-51)72-73-65-36-31-50-23-13-14-30-60(50)70(65)71(74-72)56-25-16-29-59(42-56)76-68-38-33-53(49-21-9-3-10-22-49)44-62(68)64-46-55(35-40-69(64)76)54-34-39-67-63(45-54)61-43-52(48-19-7-2-8-20-48)32-37-66(61)75(67)58-27-11-4-12-28-58/h1-46,71H,(H,73,74). The van der Waals surface area contributed by atoms with Gasteiger partial charge in [0.15, 0.2) is 0 Å². The molecule has 0 fully saturated rings. The van der Waals surface area contributed by atoms with Crippen LogP contribution in [0, 0.1) is 0 Å². The Hall–Kier alpha value is -10.0. The Morgan fingerprint density at radius 2 is 0.711 bits per heavy atom. The Balaban J connectivity index is 0.891. The van der Waals surface area contributed by atoms with E-state index in [2.05, 4.69) is 294 Å². The van der Waals surface area contributed by atoms with E-state index in [1.807, 2.05) is 0 Å². The molecule has 356 valence electrons. The van der Waals surface area contributed by atoms with Crippen LogP contribution in [-0.2, 0) is 0 Å². The smallest absolute Gasteiger partial charge is 0.134 e. The fraction of sp³-hybridized carbons (Fsp3) is 0.0139. The summed E-state index contributed by atoms with van der Waals surface area (Å²) in [7, 11) is 0. The number of rotatable bonds is 8. The summed E-state index contributed by atoms with van der Waals surface area (Å²) in [5.74, 6) is 0.855.